The maximum absolute atomic E-state index is 12.0. The molecule has 2 aromatic carbocycles. The number of anilines is 1. The quantitative estimate of drug-likeness (QED) is 0.780. The molecule has 0 unspecified atom stereocenters. The van der Waals surface area contributed by atoms with E-state index < -0.39 is 0 Å². The standard InChI is InChI=1S/C16H14Br2N2O2/c1-10-8-11(6-7-13(10)17)20-15(21)9-19-16(22)12-4-2-3-5-14(12)18/h2-8H,9H2,1H3,(H,19,22)(H,20,21). The second kappa shape index (κ2) is 7.56. The van der Waals surface area contributed by atoms with Gasteiger partial charge in [-0.15, -0.1) is 0 Å². The maximum Gasteiger partial charge on any atom is 0.252 e. The Labute approximate surface area is 145 Å². The first-order valence-corrected chi connectivity index (χ1v) is 8.14. The lowest BCUT2D eigenvalue weighted by Gasteiger charge is -2.09. The monoisotopic (exact) mass is 424 g/mol. The Hall–Kier alpha value is -1.66. The second-order valence-electron chi connectivity index (χ2n) is 4.67. The molecule has 0 fully saturated rings. The number of rotatable bonds is 4. The van der Waals surface area contributed by atoms with Crippen LogP contribution in [0.2, 0.25) is 0 Å². The summed E-state index contributed by atoms with van der Waals surface area (Å²) in [6.45, 7) is 1.85. The van der Waals surface area contributed by atoms with E-state index in [1.807, 2.05) is 25.1 Å². The molecule has 0 spiro atoms. The third-order valence-electron chi connectivity index (χ3n) is 2.97. The number of nitrogens with one attached hydrogen (secondary N) is 2. The van der Waals surface area contributed by atoms with Gasteiger partial charge in [0.1, 0.15) is 0 Å². The predicted octanol–water partition coefficient (Wildman–Crippen LogP) is 3.89. The highest BCUT2D eigenvalue weighted by molar-refractivity contribution is 9.10. The zero-order valence-electron chi connectivity index (χ0n) is 11.8. The zero-order valence-corrected chi connectivity index (χ0v) is 15.0. The van der Waals surface area contributed by atoms with Gasteiger partial charge in [0.25, 0.3) is 5.91 Å². The number of halogens is 2. The van der Waals surface area contributed by atoms with Crippen LogP contribution in [0.1, 0.15) is 15.9 Å². The van der Waals surface area contributed by atoms with Gasteiger partial charge in [0.2, 0.25) is 5.91 Å². The van der Waals surface area contributed by atoms with Crippen molar-refractivity contribution < 1.29 is 9.59 Å². The van der Waals surface area contributed by atoms with E-state index >= 15 is 0 Å². The van der Waals surface area contributed by atoms with Crippen LogP contribution in [0.4, 0.5) is 5.69 Å². The minimum atomic E-state index is -0.297. The highest BCUT2D eigenvalue weighted by Gasteiger charge is 2.11. The van der Waals surface area contributed by atoms with Crippen molar-refractivity contribution in [1.29, 1.82) is 0 Å². The predicted molar refractivity (Wildman–Crippen MR) is 94.0 cm³/mol. The van der Waals surface area contributed by atoms with Gasteiger partial charge < -0.3 is 10.6 Å². The molecule has 2 aromatic rings. The molecule has 0 aromatic heterocycles. The first-order chi connectivity index (χ1) is 10.5. The van der Waals surface area contributed by atoms with Crippen LogP contribution in [0.25, 0.3) is 0 Å². The summed E-state index contributed by atoms with van der Waals surface area (Å²) in [6, 6.07) is 12.6. The van der Waals surface area contributed by atoms with E-state index in [9.17, 15) is 9.59 Å². The number of carbonyl (C=O) groups excluding carboxylic acids is 2. The smallest absolute Gasteiger partial charge is 0.252 e. The van der Waals surface area contributed by atoms with Crippen molar-refractivity contribution >= 4 is 49.4 Å². The van der Waals surface area contributed by atoms with Crippen molar-refractivity contribution in [2.45, 2.75) is 6.92 Å². The summed E-state index contributed by atoms with van der Waals surface area (Å²) in [5.41, 5.74) is 2.21. The molecular weight excluding hydrogens is 412 g/mol. The van der Waals surface area contributed by atoms with Crippen LogP contribution in [0.15, 0.2) is 51.4 Å². The van der Waals surface area contributed by atoms with E-state index in [0.29, 0.717) is 15.7 Å². The molecule has 2 amide bonds. The molecule has 114 valence electrons. The van der Waals surface area contributed by atoms with Gasteiger partial charge in [0, 0.05) is 14.6 Å². The van der Waals surface area contributed by atoms with E-state index in [0.717, 1.165) is 10.0 Å². The Balaban J connectivity index is 1.91. The van der Waals surface area contributed by atoms with Crippen LogP contribution >= 0.6 is 31.9 Å². The van der Waals surface area contributed by atoms with Crippen LogP contribution in [-0.4, -0.2) is 18.4 Å². The molecule has 0 heterocycles. The second-order valence-corrected chi connectivity index (χ2v) is 6.38. The molecule has 0 atom stereocenters. The highest BCUT2D eigenvalue weighted by atomic mass is 79.9. The van der Waals surface area contributed by atoms with E-state index in [1.54, 1.807) is 24.3 Å². The number of aryl methyl sites for hydroxylation is 1. The fraction of sp³-hybridized carbons (Fsp3) is 0.125. The number of benzene rings is 2. The van der Waals surface area contributed by atoms with Crippen LogP contribution in [0.3, 0.4) is 0 Å². The minimum Gasteiger partial charge on any atom is -0.343 e. The van der Waals surface area contributed by atoms with Gasteiger partial charge in [-0.05, 0) is 58.7 Å². The summed E-state index contributed by atoms with van der Waals surface area (Å²) in [5, 5.41) is 5.34. The largest absolute Gasteiger partial charge is 0.343 e. The number of hydrogen-bond acceptors (Lipinski definition) is 2. The summed E-state index contributed by atoms with van der Waals surface area (Å²) < 4.78 is 1.67. The van der Waals surface area contributed by atoms with Gasteiger partial charge in [-0.3, -0.25) is 9.59 Å². The van der Waals surface area contributed by atoms with Crippen molar-refractivity contribution in [2.24, 2.45) is 0 Å². The Kier molecular flexibility index (Phi) is 5.74. The summed E-state index contributed by atoms with van der Waals surface area (Å²) in [7, 11) is 0. The maximum atomic E-state index is 12.0. The Bertz CT molecular complexity index is 717. The van der Waals surface area contributed by atoms with Gasteiger partial charge in [-0.1, -0.05) is 28.1 Å². The molecule has 0 aliphatic carbocycles. The lowest BCUT2D eigenvalue weighted by molar-refractivity contribution is -0.115. The van der Waals surface area contributed by atoms with Gasteiger partial charge in [0.05, 0.1) is 12.1 Å². The van der Waals surface area contributed by atoms with Crippen molar-refractivity contribution in [1.82, 2.24) is 5.32 Å². The zero-order chi connectivity index (χ0) is 16.1. The Morgan fingerprint density at radius 1 is 1.05 bits per heavy atom. The molecule has 6 heteroatoms. The molecule has 2 rings (SSSR count). The number of carbonyl (C=O) groups is 2. The molecule has 0 saturated carbocycles. The lowest BCUT2D eigenvalue weighted by atomic mass is 10.2. The summed E-state index contributed by atoms with van der Waals surface area (Å²) >= 11 is 6.71. The van der Waals surface area contributed by atoms with E-state index in [-0.39, 0.29) is 18.4 Å². The molecular formula is C16H14Br2N2O2. The van der Waals surface area contributed by atoms with Crippen molar-refractivity contribution in [3.8, 4) is 0 Å². The van der Waals surface area contributed by atoms with Gasteiger partial charge >= 0.3 is 0 Å². The fourth-order valence-electron chi connectivity index (χ4n) is 1.83. The van der Waals surface area contributed by atoms with Crippen LogP contribution < -0.4 is 10.6 Å². The van der Waals surface area contributed by atoms with Gasteiger partial charge in [-0.2, -0.15) is 0 Å². The van der Waals surface area contributed by atoms with Crippen molar-refractivity contribution in [3.05, 3.63) is 62.5 Å². The molecule has 22 heavy (non-hydrogen) atoms. The molecule has 0 radical (unpaired) electrons. The average molecular weight is 426 g/mol. The van der Waals surface area contributed by atoms with Crippen molar-refractivity contribution in [3.63, 3.8) is 0 Å². The summed E-state index contributed by atoms with van der Waals surface area (Å²) in [4.78, 5) is 23.9. The third-order valence-corrected chi connectivity index (χ3v) is 4.55. The average Bonchev–Trinajstić information content (AvgIpc) is 2.49. The van der Waals surface area contributed by atoms with Crippen LogP contribution in [-0.2, 0) is 4.79 Å². The third kappa shape index (κ3) is 4.42. The SMILES string of the molecule is Cc1cc(NC(=O)CNC(=O)c2ccccc2Br)ccc1Br. The number of amides is 2. The summed E-state index contributed by atoms with van der Waals surface area (Å²) in [6.07, 6.45) is 0. The van der Waals surface area contributed by atoms with Crippen LogP contribution in [0, 0.1) is 6.92 Å². The fourth-order valence-corrected chi connectivity index (χ4v) is 2.54. The topological polar surface area (TPSA) is 58.2 Å². The van der Waals surface area contributed by atoms with E-state index in [4.69, 9.17) is 0 Å². The first kappa shape index (κ1) is 16.7. The van der Waals surface area contributed by atoms with Crippen LogP contribution in [0.5, 0.6) is 0 Å². The normalized spacial score (nSPS) is 10.1. The summed E-state index contributed by atoms with van der Waals surface area (Å²) in [5.74, 6) is -0.572. The molecule has 4 nitrogen and oxygen atoms in total. The Morgan fingerprint density at radius 2 is 1.77 bits per heavy atom. The lowest BCUT2D eigenvalue weighted by Crippen LogP contribution is -2.33. The molecule has 0 saturated heterocycles. The van der Waals surface area contributed by atoms with E-state index in [2.05, 4.69) is 42.5 Å². The Morgan fingerprint density at radius 3 is 2.45 bits per heavy atom. The van der Waals surface area contributed by atoms with E-state index in [1.165, 1.54) is 0 Å². The molecule has 0 aliphatic rings. The van der Waals surface area contributed by atoms with Gasteiger partial charge in [-0.25, -0.2) is 0 Å². The van der Waals surface area contributed by atoms with Crippen molar-refractivity contribution in [2.75, 3.05) is 11.9 Å². The minimum absolute atomic E-state index is 0.0880. The molecule has 0 aliphatic heterocycles. The molecule has 2 N–H and O–H groups in total. The number of hydrogen-bond donors (Lipinski definition) is 2. The first-order valence-electron chi connectivity index (χ1n) is 6.56. The highest BCUT2D eigenvalue weighted by Crippen LogP contribution is 2.20. The molecule has 0 bridgehead atoms. The van der Waals surface area contributed by atoms with Gasteiger partial charge in [0.15, 0.2) is 0 Å².